The number of thiazole rings is 1. The van der Waals surface area contributed by atoms with E-state index in [9.17, 15) is 0 Å². The second kappa shape index (κ2) is 5.98. The predicted molar refractivity (Wildman–Crippen MR) is 83.2 cm³/mol. The van der Waals surface area contributed by atoms with Crippen LogP contribution in [0.5, 0.6) is 0 Å². The minimum atomic E-state index is 0.677. The molecule has 3 aromatic rings. The molecular weight excluding hydrogens is 270 g/mol. The highest BCUT2D eigenvalue weighted by molar-refractivity contribution is 7.18. The Morgan fingerprint density at radius 3 is 3.10 bits per heavy atom. The molecule has 0 spiro atoms. The molecule has 2 aromatic heterocycles. The minimum Gasteiger partial charge on any atom is -0.383 e. The zero-order valence-corrected chi connectivity index (χ0v) is 12.0. The smallest absolute Gasteiger partial charge is 0.183 e. The van der Waals surface area contributed by atoms with Gasteiger partial charge in [0.2, 0.25) is 0 Å². The van der Waals surface area contributed by atoms with E-state index in [1.807, 2.05) is 24.5 Å². The van der Waals surface area contributed by atoms with Crippen molar-refractivity contribution in [2.75, 3.05) is 25.6 Å². The average molecular weight is 285 g/mol. The second-order valence-electron chi connectivity index (χ2n) is 4.36. The van der Waals surface area contributed by atoms with E-state index in [-0.39, 0.29) is 0 Å². The lowest BCUT2D eigenvalue weighted by atomic mass is 10.1. The molecule has 20 heavy (non-hydrogen) atoms. The van der Waals surface area contributed by atoms with Gasteiger partial charge in [-0.3, -0.25) is 4.98 Å². The van der Waals surface area contributed by atoms with Crippen molar-refractivity contribution < 1.29 is 4.74 Å². The lowest BCUT2D eigenvalue weighted by Gasteiger charge is -2.01. The molecule has 0 aliphatic rings. The first-order chi connectivity index (χ1) is 9.86. The molecule has 1 N–H and O–H groups in total. The number of fused-ring (bicyclic) bond motifs is 1. The van der Waals surface area contributed by atoms with Crippen molar-refractivity contribution in [1.82, 2.24) is 9.97 Å². The fourth-order valence-corrected chi connectivity index (χ4v) is 2.82. The van der Waals surface area contributed by atoms with Crippen LogP contribution in [0.3, 0.4) is 0 Å². The summed E-state index contributed by atoms with van der Waals surface area (Å²) in [6.07, 6.45) is 3.71. The van der Waals surface area contributed by atoms with Gasteiger partial charge in [0.15, 0.2) is 5.13 Å². The maximum atomic E-state index is 5.01. The van der Waals surface area contributed by atoms with Crippen molar-refractivity contribution in [2.45, 2.75) is 0 Å². The van der Waals surface area contributed by atoms with Crippen LogP contribution in [0.1, 0.15) is 0 Å². The summed E-state index contributed by atoms with van der Waals surface area (Å²) in [5, 5.41) is 5.31. The molecule has 0 fully saturated rings. The maximum absolute atomic E-state index is 5.01. The fourth-order valence-electron chi connectivity index (χ4n) is 1.98. The van der Waals surface area contributed by atoms with Gasteiger partial charge in [-0.25, -0.2) is 4.98 Å². The standard InChI is InChI=1S/C15H15N3OS/c1-19-8-7-17-15-18-10-14(20-15)12-4-5-13-11(9-12)3-2-6-16-13/h2-6,9-10H,7-8H2,1H3,(H,17,18). The van der Waals surface area contributed by atoms with Crippen molar-refractivity contribution >= 4 is 27.4 Å². The van der Waals surface area contributed by atoms with E-state index in [0.29, 0.717) is 6.61 Å². The molecule has 0 aliphatic carbocycles. The number of nitrogens with zero attached hydrogens (tertiary/aromatic N) is 2. The summed E-state index contributed by atoms with van der Waals surface area (Å²) in [6.45, 7) is 1.45. The first-order valence-corrected chi connectivity index (χ1v) is 7.22. The van der Waals surface area contributed by atoms with Crippen LogP contribution in [0.15, 0.2) is 42.7 Å². The molecule has 102 valence electrons. The largest absolute Gasteiger partial charge is 0.383 e. The summed E-state index contributed by atoms with van der Waals surface area (Å²) in [4.78, 5) is 9.86. The molecule has 0 atom stereocenters. The van der Waals surface area contributed by atoms with Crippen LogP contribution in [-0.2, 0) is 4.74 Å². The number of nitrogens with one attached hydrogen (secondary N) is 1. The first-order valence-electron chi connectivity index (χ1n) is 6.40. The Hall–Kier alpha value is -1.98. The molecule has 2 heterocycles. The average Bonchev–Trinajstić information content (AvgIpc) is 2.96. The molecule has 0 bridgehead atoms. The molecule has 3 rings (SSSR count). The topological polar surface area (TPSA) is 47.0 Å². The predicted octanol–water partition coefficient (Wildman–Crippen LogP) is 3.42. The summed E-state index contributed by atoms with van der Waals surface area (Å²) < 4.78 is 5.01. The van der Waals surface area contributed by atoms with E-state index in [2.05, 4.69) is 33.5 Å². The molecule has 4 nitrogen and oxygen atoms in total. The van der Waals surface area contributed by atoms with Gasteiger partial charge in [0, 0.05) is 31.4 Å². The molecule has 0 radical (unpaired) electrons. The number of hydrogen-bond acceptors (Lipinski definition) is 5. The van der Waals surface area contributed by atoms with Crippen molar-refractivity contribution in [1.29, 1.82) is 0 Å². The quantitative estimate of drug-likeness (QED) is 0.730. The number of pyridine rings is 1. The van der Waals surface area contributed by atoms with Gasteiger partial charge in [0.1, 0.15) is 0 Å². The van der Waals surface area contributed by atoms with Crippen molar-refractivity contribution in [3.05, 3.63) is 42.7 Å². The van der Waals surface area contributed by atoms with Gasteiger partial charge in [-0.05, 0) is 23.8 Å². The van der Waals surface area contributed by atoms with Gasteiger partial charge < -0.3 is 10.1 Å². The van der Waals surface area contributed by atoms with Crippen LogP contribution in [0.2, 0.25) is 0 Å². The van der Waals surface area contributed by atoms with Crippen molar-refractivity contribution in [3.8, 4) is 10.4 Å². The molecule has 0 aliphatic heterocycles. The monoisotopic (exact) mass is 285 g/mol. The summed E-state index contributed by atoms with van der Waals surface area (Å²) in [6, 6.07) is 10.3. The van der Waals surface area contributed by atoms with E-state index in [0.717, 1.165) is 27.5 Å². The van der Waals surface area contributed by atoms with E-state index >= 15 is 0 Å². The summed E-state index contributed by atoms with van der Waals surface area (Å²) >= 11 is 1.65. The van der Waals surface area contributed by atoms with Gasteiger partial charge in [0.05, 0.1) is 17.0 Å². The molecule has 0 amide bonds. The number of methoxy groups -OCH3 is 1. The summed E-state index contributed by atoms with van der Waals surface area (Å²) in [7, 11) is 1.69. The molecular formula is C15H15N3OS. The van der Waals surface area contributed by atoms with Crippen LogP contribution in [-0.4, -0.2) is 30.2 Å². The van der Waals surface area contributed by atoms with Crippen LogP contribution in [0.25, 0.3) is 21.3 Å². The normalized spacial score (nSPS) is 10.8. The number of hydrogen-bond donors (Lipinski definition) is 1. The number of benzene rings is 1. The van der Waals surface area contributed by atoms with Gasteiger partial charge in [-0.15, -0.1) is 0 Å². The van der Waals surface area contributed by atoms with E-state index < -0.39 is 0 Å². The molecule has 5 heteroatoms. The van der Waals surface area contributed by atoms with Crippen LogP contribution < -0.4 is 5.32 Å². The van der Waals surface area contributed by atoms with Gasteiger partial charge >= 0.3 is 0 Å². The Labute approximate surface area is 121 Å². The summed E-state index contributed by atoms with van der Waals surface area (Å²) in [5.41, 5.74) is 2.18. The highest BCUT2D eigenvalue weighted by Gasteiger charge is 2.05. The van der Waals surface area contributed by atoms with E-state index in [1.54, 1.807) is 18.4 Å². The van der Waals surface area contributed by atoms with Crippen LogP contribution >= 0.6 is 11.3 Å². The van der Waals surface area contributed by atoms with Crippen LogP contribution in [0.4, 0.5) is 5.13 Å². The zero-order valence-electron chi connectivity index (χ0n) is 11.2. The third kappa shape index (κ3) is 2.79. The number of rotatable bonds is 5. The molecule has 0 saturated carbocycles. The van der Waals surface area contributed by atoms with Gasteiger partial charge in [0.25, 0.3) is 0 Å². The number of aromatic nitrogens is 2. The lowest BCUT2D eigenvalue weighted by Crippen LogP contribution is -2.06. The Bertz CT molecular complexity index is 711. The van der Waals surface area contributed by atoms with E-state index in [4.69, 9.17) is 4.74 Å². The van der Waals surface area contributed by atoms with Crippen molar-refractivity contribution in [2.24, 2.45) is 0 Å². The number of ether oxygens (including phenoxy) is 1. The van der Waals surface area contributed by atoms with Crippen molar-refractivity contribution in [3.63, 3.8) is 0 Å². The Kier molecular flexibility index (Phi) is 3.90. The lowest BCUT2D eigenvalue weighted by molar-refractivity contribution is 0.211. The second-order valence-corrected chi connectivity index (χ2v) is 5.39. The highest BCUT2D eigenvalue weighted by atomic mass is 32.1. The van der Waals surface area contributed by atoms with Crippen LogP contribution in [0, 0.1) is 0 Å². The Balaban J connectivity index is 1.83. The Morgan fingerprint density at radius 1 is 1.25 bits per heavy atom. The molecule has 0 unspecified atom stereocenters. The molecule has 1 aromatic carbocycles. The SMILES string of the molecule is COCCNc1ncc(-c2ccc3ncccc3c2)s1. The Morgan fingerprint density at radius 2 is 2.20 bits per heavy atom. The van der Waals surface area contributed by atoms with Gasteiger partial charge in [-0.1, -0.05) is 23.5 Å². The molecule has 0 saturated heterocycles. The fraction of sp³-hybridized carbons (Fsp3) is 0.200. The summed E-state index contributed by atoms with van der Waals surface area (Å²) in [5.74, 6) is 0. The minimum absolute atomic E-state index is 0.677. The third-order valence-corrected chi connectivity index (χ3v) is 3.98. The van der Waals surface area contributed by atoms with E-state index in [1.165, 1.54) is 5.56 Å². The third-order valence-electron chi connectivity index (χ3n) is 2.98. The van der Waals surface area contributed by atoms with Gasteiger partial charge in [-0.2, -0.15) is 0 Å². The first kappa shape index (κ1) is 13.0. The highest BCUT2D eigenvalue weighted by Crippen LogP contribution is 2.30. The maximum Gasteiger partial charge on any atom is 0.183 e. The zero-order chi connectivity index (χ0) is 13.8. The number of anilines is 1.